The van der Waals surface area contributed by atoms with E-state index < -0.39 is 12.1 Å². The maximum Gasteiger partial charge on any atom is 0.245 e. The van der Waals surface area contributed by atoms with Crippen LogP contribution in [0.1, 0.15) is 25.7 Å². The van der Waals surface area contributed by atoms with Crippen molar-refractivity contribution in [3.05, 3.63) is 12.7 Å². The molecule has 0 aromatic carbocycles. The van der Waals surface area contributed by atoms with Crippen LogP contribution in [-0.4, -0.2) is 42.5 Å². The standard InChI is InChI=1S/C14H21FN2O2/c1-2-13(18)17-7-4-10(5-8-17)3-6-16-14(19)11-9-12(11)15/h2,10-12H,1,3-9H2,(H,16,19)/t11-,12+/m1/s1. The minimum atomic E-state index is -0.923. The molecule has 0 aromatic heterocycles. The van der Waals surface area contributed by atoms with E-state index in [4.69, 9.17) is 0 Å². The van der Waals surface area contributed by atoms with Crippen LogP contribution in [0.25, 0.3) is 0 Å². The molecule has 1 saturated heterocycles. The number of likely N-dealkylation sites (tertiary alicyclic amines) is 1. The van der Waals surface area contributed by atoms with E-state index >= 15 is 0 Å². The van der Waals surface area contributed by atoms with Gasteiger partial charge < -0.3 is 10.2 Å². The zero-order valence-corrected chi connectivity index (χ0v) is 11.1. The SMILES string of the molecule is C=CC(=O)N1CCC(CCNC(=O)[C@@H]2C[C@@H]2F)CC1. The van der Waals surface area contributed by atoms with Gasteiger partial charge in [0.1, 0.15) is 6.17 Å². The third-order valence-corrected chi connectivity index (χ3v) is 4.00. The lowest BCUT2D eigenvalue weighted by molar-refractivity contribution is -0.127. The van der Waals surface area contributed by atoms with Crippen LogP contribution in [0.2, 0.25) is 0 Å². The third kappa shape index (κ3) is 3.78. The molecule has 0 bridgehead atoms. The summed E-state index contributed by atoms with van der Waals surface area (Å²) >= 11 is 0. The summed E-state index contributed by atoms with van der Waals surface area (Å²) in [5.74, 6) is -0.0113. The normalized spacial score (nSPS) is 26.9. The molecule has 4 nitrogen and oxygen atoms in total. The van der Waals surface area contributed by atoms with Crippen LogP contribution in [0.3, 0.4) is 0 Å². The first-order valence-corrected chi connectivity index (χ1v) is 6.95. The second-order valence-electron chi connectivity index (χ2n) is 5.41. The molecule has 0 spiro atoms. The predicted molar refractivity (Wildman–Crippen MR) is 70.1 cm³/mol. The van der Waals surface area contributed by atoms with E-state index in [1.165, 1.54) is 6.08 Å². The Labute approximate surface area is 113 Å². The zero-order valence-electron chi connectivity index (χ0n) is 11.1. The number of carbonyl (C=O) groups excluding carboxylic acids is 2. The van der Waals surface area contributed by atoms with Crippen molar-refractivity contribution in [2.24, 2.45) is 11.8 Å². The molecule has 5 heteroatoms. The van der Waals surface area contributed by atoms with Crippen molar-refractivity contribution in [1.29, 1.82) is 0 Å². The molecule has 1 aliphatic carbocycles. The summed E-state index contributed by atoms with van der Waals surface area (Å²) in [6.45, 7) is 5.62. The van der Waals surface area contributed by atoms with Crippen molar-refractivity contribution in [3.63, 3.8) is 0 Å². The van der Waals surface area contributed by atoms with Gasteiger partial charge in [0.25, 0.3) is 0 Å². The molecule has 2 atom stereocenters. The average Bonchev–Trinajstić information content (AvgIpc) is 3.16. The highest BCUT2D eigenvalue weighted by molar-refractivity contribution is 5.87. The molecule has 2 fully saturated rings. The monoisotopic (exact) mass is 268 g/mol. The quantitative estimate of drug-likeness (QED) is 0.764. The zero-order chi connectivity index (χ0) is 13.8. The number of hydrogen-bond acceptors (Lipinski definition) is 2. The maximum absolute atomic E-state index is 12.7. The van der Waals surface area contributed by atoms with Gasteiger partial charge >= 0.3 is 0 Å². The summed E-state index contributed by atoms with van der Waals surface area (Å²) in [5, 5.41) is 2.79. The Hall–Kier alpha value is -1.39. The maximum atomic E-state index is 12.7. The van der Waals surface area contributed by atoms with Gasteiger partial charge in [0.15, 0.2) is 0 Å². The first kappa shape index (κ1) is 14.0. The number of alkyl halides is 1. The number of rotatable bonds is 5. The van der Waals surface area contributed by atoms with Crippen LogP contribution in [0.15, 0.2) is 12.7 Å². The summed E-state index contributed by atoms with van der Waals surface area (Å²) in [6, 6.07) is 0. The Morgan fingerprint density at radius 1 is 1.37 bits per heavy atom. The van der Waals surface area contributed by atoms with Crippen molar-refractivity contribution in [2.45, 2.75) is 31.9 Å². The first-order valence-electron chi connectivity index (χ1n) is 6.95. The molecule has 2 amide bonds. The van der Waals surface area contributed by atoms with Gasteiger partial charge in [-0.25, -0.2) is 4.39 Å². The molecule has 0 aromatic rings. The van der Waals surface area contributed by atoms with Crippen LogP contribution in [0.5, 0.6) is 0 Å². The first-order chi connectivity index (χ1) is 9.11. The van der Waals surface area contributed by atoms with E-state index in [1.54, 1.807) is 4.90 Å². The number of nitrogens with zero attached hydrogens (tertiary/aromatic N) is 1. The Morgan fingerprint density at radius 2 is 2.00 bits per heavy atom. The highest BCUT2D eigenvalue weighted by Crippen LogP contribution is 2.33. The van der Waals surface area contributed by atoms with E-state index in [1.807, 2.05) is 0 Å². The topological polar surface area (TPSA) is 49.4 Å². The van der Waals surface area contributed by atoms with E-state index in [-0.39, 0.29) is 11.8 Å². The average molecular weight is 268 g/mol. The lowest BCUT2D eigenvalue weighted by Gasteiger charge is -2.31. The van der Waals surface area contributed by atoms with E-state index in [2.05, 4.69) is 11.9 Å². The van der Waals surface area contributed by atoms with Crippen molar-refractivity contribution in [1.82, 2.24) is 10.2 Å². The van der Waals surface area contributed by atoms with Crippen LogP contribution >= 0.6 is 0 Å². The minimum Gasteiger partial charge on any atom is -0.356 e. The molecular formula is C14H21FN2O2. The summed E-state index contributed by atoms with van der Waals surface area (Å²) < 4.78 is 12.7. The van der Waals surface area contributed by atoms with Crippen molar-refractivity contribution in [2.75, 3.05) is 19.6 Å². The lowest BCUT2D eigenvalue weighted by Crippen LogP contribution is -2.38. The summed E-state index contributed by atoms with van der Waals surface area (Å²) in [5.41, 5.74) is 0. The fourth-order valence-corrected chi connectivity index (χ4v) is 2.54. The van der Waals surface area contributed by atoms with Gasteiger partial charge in [-0.1, -0.05) is 6.58 Å². The Kier molecular flexibility index (Phi) is 4.56. The Balaban J connectivity index is 1.59. The van der Waals surface area contributed by atoms with Crippen molar-refractivity contribution in [3.8, 4) is 0 Å². The van der Waals surface area contributed by atoms with Crippen LogP contribution in [0.4, 0.5) is 4.39 Å². The predicted octanol–water partition coefficient (Wildman–Crippen LogP) is 1.28. The molecule has 0 unspecified atom stereocenters. The molecule has 1 saturated carbocycles. The highest BCUT2D eigenvalue weighted by atomic mass is 19.1. The van der Waals surface area contributed by atoms with Crippen LogP contribution in [0, 0.1) is 11.8 Å². The number of piperidine rings is 1. The summed E-state index contributed by atoms with van der Waals surface area (Å²) in [7, 11) is 0. The molecule has 2 aliphatic rings. The number of nitrogens with one attached hydrogen (secondary N) is 1. The van der Waals surface area contributed by atoms with Crippen LogP contribution in [-0.2, 0) is 9.59 Å². The van der Waals surface area contributed by atoms with Gasteiger partial charge in [0, 0.05) is 19.6 Å². The molecule has 1 N–H and O–H groups in total. The molecule has 2 rings (SSSR count). The third-order valence-electron chi connectivity index (χ3n) is 4.00. The van der Waals surface area contributed by atoms with Gasteiger partial charge in [-0.15, -0.1) is 0 Å². The fraction of sp³-hybridized carbons (Fsp3) is 0.714. The minimum absolute atomic E-state index is 0.00512. The van der Waals surface area contributed by atoms with Crippen LogP contribution < -0.4 is 5.32 Å². The molecule has 0 radical (unpaired) electrons. The van der Waals surface area contributed by atoms with Gasteiger partial charge in [-0.05, 0) is 37.7 Å². The number of carbonyl (C=O) groups is 2. The van der Waals surface area contributed by atoms with Crippen molar-refractivity contribution < 1.29 is 14.0 Å². The molecular weight excluding hydrogens is 247 g/mol. The molecule has 1 aliphatic heterocycles. The van der Waals surface area contributed by atoms with Gasteiger partial charge in [-0.3, -0.25) is 9.59 Å². The van der Waals surface area contributed by atoms with Gasteiger partial charge in [0.05, 0.1) is 5.92 Å². The van der Waals surface area contributed by atoms with Gasteiger partial charge in [0.2, 0.25) is 11.8 Å². The van der Waals surface area contributed by atoms with E-state index in [9.17, 15) is 14.0 Å². The van der Waals surface area contributed by atoms with Crippen molar-refractivity contribution >= 4 is 11.8 Å². The fourth-order valence-electron chi connectivity index (χ4n) is 2.54. The summed E-state index contributed by atoms with van der Waals surface area (Å²) in [4.78, 5) is 24.6. The number of amides is 2. The number of hydrogen-bond donors (Lipinski definition) is 1. The molecule has 19 heavy (non-hydrogen) atoms. The van der Waals surface area contributed by atoms with E-state index in [0.29, 0.717) is 18.9 Å². The highest BCUT2D eigenvalue weighted by Gasteiger charge is 2.43. The second kappa shape index (κ2) is 6.17. The second-order valence-corrected chi connectivity index (χ2v) is 5.41. The molecule has 106 valence electrons. The largest absolute Gasteiger partial charge is 0.356 e. The Morgan fingerprint density at radius 3 is 2.53 bits per heavy atom. The lowest BCUT2D eigenvalue weighted by atomic mass is 9.93. The smallest absolute Gasteiger partial charge is 0.245 e. The van der Waals surface area contributed by atoms with Gasteiger partial charge in [-0.2, -0.15) is 0 Å². The molecule has 1 heterocycles. The Bertz CT molecular complexity index is 364. The van der Waals surface area contributed by atoms with E-state index in [0.717, 1.165) is 32.4 Å². The number of halogens is 1. The summed E-state index contributed by atoms with van der Waals surface area (Å²) in [6.07, 6.45) is 3.64.